The summed E-state index contributed by atoms with van der Waals surface area (Å²) in [6.07, 6.45) is 9.19. The minimum atomic E-state index is -0.622. The molecule has 1 aliphatic heterocycles. The number of aromatic nitrogens is 2. The molecule has 1 atom stereocenters. The van der Waals surface area contributed by atoms with Crippen LogP contribution in [-0.2, 0) is 11.2 Å². The number of benzene rings is 2. The summed E-state index contributed by atoms with van der Waals surface area (Å²) in [5.74, 6) is 0.910. The summed E-state index contributed by atoms with van der Waals surface area (Å²) in [7, 11) is 0. The first-order chi connectivity index (χ1) is 15.2. The number of rotatable bonds is 5. The first kappa shape index (κ1) is 19.7. The van der Waals surface area contributed by atoms with Crippen molar-refractivity contribution in [3.8, 4) is 5.69 Å². The largest absolute Gasteiger partial charge is 0.346 e. The number of carbonyl (C=O) groups excluding carboxylic acids is 2. The van der Waals surface area contributed by atoms with E-state index in [0.717, 1.165) is 50.0 Å². The molecule has 1 aromatic heterocycles. The van der Waals surface area contributed by atoms with E-state index < -0.39 is 5.41 Å². The topological polar surface area (TPSA) is 64.0 Å². The van der Waals surface area contributed by atoms with Gasteiger partial charge in [0.05, 0.1) is 11.5 Å². The Morgan fingerprint density at radius 3 is 2.58 bits per heavy atom. The number of hydrogen-bond donors (Lipinski definition) is 1. The molecule has 0 radical (unpaired) electrons. The lowest BCUT2D eigenvalue weighted by Gasteiger charge is -2.29. The van der Waals surface area contributed by atoms with Crippen molar-refractivity contribution in [3.05, 3.63) is 83.9 Å². The van der Waals surface area contributed by atoms with Crippen molar-refractivity contribution in [2.45, 2.75) is 51.0 Å². The van der Waals surface area contributed by atoms with Crippen LogP contribution in [0.5, 0.6) is 0 Å². The van der Waals surface area contributed by atoms with Gasteiger partial charge in [0.15, 0.2) is 5.78 Å². The molecule has 5 nitrogen and oxygen atoms in total. The van der Waals surface area contributed by atoms with E-state index >= 15 is 0 Å². The van der Waals surface area contributed by atoms with E-state index in [-0.39, 0.29) is 24.2 Å². The van der Waals surface area contributed by atoms with Crippen LogP contribution >= 0.6 is 0 Å². The number of ketones is 1. The molecule has 2 heterocycles. The molecule has 1 saturated carbocycles. The molecule has 5 rings (SSSR count). The SMILES string of the molecule is O=C(CC1(C(=O)NC2CCc3ccccc3-n3ccnc32)CCCC1)c1ccccc1. The van der Waals surface area contributed by atoms with Gasteiger partial charge in [-0.05, 0) is 37.3 Å². The van der Waals surface area contributed by atoms with Gasteiger partial charge in [0.2, 0.25) is 5.91 Å². The Morgan fingerprint density at radius 1 is 1.03 bits per heavy atom. The smallest absolute Gasteiger partial charge is 0.227 e. The Kier molecular flexibility index (Phi) is 5.18. The maximum absolute atomic E-state index is 13.6. The van der Waals surface area contributed by atoms with Crippen molar-refractivity contribution in [3.63, 3.8) is 0 Å². The fourth-order valence-electron chi connectivity index (χ4n) is 5.18. The Labute approximate surface area is 182 Å². The summed E-state index contributed by atoms with van der Waals surface area (Å²) < 4.78 is 2.09. The van der Waals surface area contributed by atoms with Crippen LogP contribution in [0, 0.1) is 5.41 Å². The summed E-state index contributed by atoms with van der Waals surface area (Å²) in [4.78, 5) is 31.2. The van der Waals surface area contributed by atoms with Crippen LogP contribution in [0.3, 0.4) is 0 Å². The Hall–Kier alpha value is -3.21. The third-order valence-electron chi connectivity index (χ3n) is 6.88. The highest BCUT2D eigenvalue weighted by molar-refractivity contribution is 6.00. The number of carbonyl (C=O) groups is 2. The molecule has 5 heteroatoms. The minimum absolute atomic E-state index is 0.000197. The highest BCUT2D eigenvalue weighted by Crippen LogP contribution is 2.43. The first-order valence-corrected chi connectivity index (χ1v) is 11.2. The molecule has 31 heavy (non-hydrogen) atoms. The zero-order valence-electron chi connectivity index (χ0n) is 17.6. The molecule has 1 fully saturated rings. The number of amides is 1. The molecule has 1 amide bonds. The van der Waals surface area contributed by atoms with Crippen LogP contribution in [0.25, 0.3) is 5.69 Å². The van der Waals surface area contributed by atoms with Gasteiger partial charge in [-0.2, -0.15) is 0 Å². The lowest BCUT2D eigenvalue weighted by Crippen LogP contribution is -2.43. The molecular formula is C26H27N3O2. The number of imidazole rings is 1. The third kappa shape index (κ3) is 3.69. The van der Waals surface area contributed by atoms with Gasteiger partial charge in [-0.1, -0.05) is 61.4 Å². The molecule has 2 aromatic carbocycles. The average molecular weight is 414 g/mol. The highest BCUT2D eigenvalue weighted by Gasteiger charge is 2.44. The standard InChI is InChI=1S/C26H27N3O2/c30-23(20-9-2-1-3-10-20)18-26(14-6-7-15-26)25(31)28-21-13-12-19-8-4-5-11-22(19)29-17-16-27-24(21)29/h1-5,8-11,16-17,21H,6-7,12-15,18H2,(H,28,31). The van der Waals surface area contributed by atoms with E-state index in [4.69, 9.17) is 0 Å². The van der Waals surface area contributed by atoms with Gasteiger partial charge in [-0.3, -0.25) is 9.59 Å². The second kappa shape index (κ2) is 8.14. The fraction of sp³-hybridized carbons (Fsp3) is 0.346. The lowest BCUT2D eigenvalue weighted by molar-refractivity contribution is -0.131. The monoisotopic (exact) mass is 413 g/mol. The maximum Gasteiger partial charge on any atom is 0.227 e. The van der Waals surface area contributed by atoms with Gasteiger partial charge in [-0.25, -0.2) is 4.98 Å². The van der Waals surface area contributed by atoms with Crippen molar-refractivity contribution in [2.24, 2.45) is 5.41 Å². The van der Waals surface area contributed by atoms with Crippen LogP contribution in [0.4, 0.5) is 0 Å². The van der Waals surface area contributed by atoms with Crippen molar-refractivity contribution in [1.82, 2.24) is 14.9 Å². The quantitative estimate of drug-likeness (QED) is 0.611. The van der Waals surface area contributed by atoms with Crippen molar-refractivity contribution in [2.75, 3.05) is 0 Å². The van der Waals surface area contributed by atoms with Crippen molar-refractivity contribution < 1.29 is 9.59 Å². The second-order valence-electron chi connectivity index (χ2n) is 8.80. The van der Waals surface area contributed by atoms with Crippen molar-refractivity contribution >= 4 is 11.7 Å². The summed E-state index contributed by atoms with van der Waals surface area (Å²) in [6.45, 7) is 0. The van der Waals surface area contributed by atoms with E-state index in [0.29, 0.717) is 5.56 Å². The summed E-state index contributed by atoms with van der Waals surface area (Å²) in [5.41, 5.74) is 2.45. The zero-order chi connectivity index (χ0) is 21.3. The fourth-order valence-corrected chi connectivity index (χ4v) is 5.18. The first-order valence-electron chi connectivity index (χ1n) is 11.2. The number of nitrogens with one attached hydrogen (secondary N) is 1. The number of fused-ring (bicyclic) bond motifs is 3. The maximum atomic E-state index is 13.6. The van der Waals surface area contributed by atoms with E-state index in [1.54, 1.807) is 6.20 Å². The van der Waals surface area contributed by atoms with Crippen LogP contribution in [0.2, 0.25) is 0 Å². The molecule has 1 unspecified atom stereocenters. The highest BCUT2D eigenvalue weighted by atomic mass is 16.2. The number of aryl methyl sites for hydroxylation is 1. The molecule has 0 spiro atoms. The van der Waals surface area contributed by atoms with E-state index in [9.17, 15) is 9.59 Å². The van der Waals surface area contributed by atoms with Crippen LogP contribution in [0.15, 0.2) is 67.0 Å². The van der Waals surface area contributed by atoms with Crippen molar-refractivity contribution in [1.29, 1.82) is 0 Å². The molecule has 0 saturated heterocycles. The third-order valence-corrected chi connectivity index (χ3v) is 6.88. The Bertz CT molecular complexity index is 1100. The lowest BCUT2D eigenvalue weighted by atomic mass is 9.78. The average Bonchev–Trinajstić information content (AvgIpc) is 3.45. The number of Topliss-reactive ketones (excluding diaryl/α,β-unsaturated/α-hetero) is 1. The predicted octanol–water partition coefficient (Wildman–Crippen LogP) is 4.81. The minimum Gasteiger partial charge on any atom is -0.346 e. The molecule has 2 aliphatic rings. The molecule has 0 bridgehead atoms. The number of para-hydroxylation sites is 1. The Morgan fingerprint density at radius 2 is 1.77 bits per heavy atom. The molecule has 3 aromatic rings. The zero-order valence-corrected chi connectivity index (χ0v) is 17.6. The van der Waals surface area contributed by atoms with Crippen LogP contribution in [0.1, 0.15) is 66.3 Å². The summed E-state index contributed by atoms with van der Waals surface area (Å²) in [6, 6.07) is 17.5. The van der Waals surface area contributed by atoms with Gasteiger partial charge < -0.3 is 9.88 Å². The van der Waals surface area contributed by atoms with Gasteiger partial charge >= 0.3 is 0 Å². The van der Waals surface area contributed by atoms with Crippen LogP contribution < -0.4 is 5.32 Å². The summed E-state index contributed by atoms with van der Waals surface area (Å²) in [5, 5.41) is 3.30. The molecular weight excluding hydrogens is 386 g/mol. The van der Waals surface area contributed by atoms with Gasteiger partial charge in [-0.15, -0.1) is 0 Å². The molecule has 1 aliphatic carbocycles. The van der Waals surface area contributed by atoms with E-state index in [2.05, 4.69) is 33.1 Å². The van der Waals surface area contributed by atoms with Gasteiger partial charge in [0.25, 0.3) is 0 Å². The summed E-state index contributed by atoms with van der Waals surface area (Å²) >= 11 is 0. The van der Waals surface area contributed by atoms with E-state index in [1.807, 2.05) is 42.6 Å². The second-order valence-corrected chi connectivity index (χ2v) is 8.80. The van der Waals surface area contributed by atoms with Gasteiger partial charge in [0.1, 0.15) is 5.82 Å². The molecule has 158 valence electrons. The number of hydrogen-bond acceptors (Lipinski definition) is 3. The number of nitrogens with zero attached hydrogens (tertiary/aromatic N) is 2. The van der Waals surface area contributed by atoms with E-state index in [1.165, 1.54) is 5.56 Å². The Balaban J connectivity index is 1.39. The van der Waals surface area contributed by atoms with Crippen LogP contribution in [-0.4, -0.2) is 21.2 Å². The van der Waals surface area contributed by atoms with Gasteiger partial charge in [0, 0.05) is 30.1 Å². The predicted molar refractivity (Wildman–Crippen MR) is 119 cm³/mol. The molecule has 1 N–H and O–H groups in total. The normalized spacial score (nSPS) is 19.2.